The Balaban J connectivity index is 1.70. The molecule has 0 atom stereocenters. The molecule has 1 heterocycles. The molecule has 2 rings (SSSR count). The number of rotatable bonds is 6. The summed E-state index contributed by atoms with van der Waals surface area (Å²) in [6.45, 7) is 8.98. The van der Waals surface area contributed by atoms with Crippen molar-refractivity contribution in [2.45, 2.75) is 20.3 Å². The van der Waals surface area contributed by atoms with Gasteiger partial charge in [0.15, 0.2) is 0 Å². The number of carbonyl (C=O) groups excluding carboxylic acids is 1. The standard InChI is InChI=1S/C17H26FN3O/c1-14(2)7-8-19-17(22)13-20-9-11-21(12-10-20)16-5-3-15(18)4-6-16/h3-6,14H,7-13H2,1-2H3,(H,19,22). The molecule has 122 valence electrons. The number of hydrogen-bond donors (Lipinski definition) is 1. The van der Waals surface area contributed by atoms with E-state index in [-0.39, 0.29) is 11.7 Å². The SMILES string of the molecule is CC(C)CCNC(=O)CN1CCN(c2ccc(F)cc2)CC1. The summed E-state index contributed by atoms with van der Waals surface area (Å²) in [5, 5.41) is 2.97. The van der Waals surface area contributed by atoms with Crippen LogP contribution in [0.15, 0.2) is 24.3 Å². The van der Waals surface area contributed by atoms with E-state index in [0.717, 1.165) is 44.8 Å². The first-order valence-corrected chi connectivity index (χ1v) is 8.04. The molecule has 1 aromatic rings. The minimum Gasteiger partial charge on any atom is -0.369 e. The molecule has 0 bridgehead atoms. The predicted molar refractivity (Wildman–Crippen MR) is 87.5 cm³/mol. The van der Waals surface area contributed by atoms with E-state index < -0.39 is 0 Å². The smallest absolute Gasteiger partial charge is 0.234 e. The highest BCUT2D eigenvalue weighted by Gasteiger charge is 2.19. The Kier molecular flexibility index (Phi) is 6.19. The highest BCUT2D eigenvalue weighted by Crippen LogP contribution is 2.16. The lowest BCUT2D eigenvalue weighted by molar-refractivity contribution is -0.122. The molecular weight excluding hydrogens is 281 g/mol. The number of benzene rings is 1. The number of hydrogen-bond acceptors (Lipinski definition) is 3. The summed E-state index contributed by atoms with van der Waals surface area (Å²) < 4.78 is 12.9. The van der Waals surface area contributed by atoms with Crippen LogP contribution in [-0.2, 0) is 4.79 Å². The van der Waals surface area contributed by atoms with E-state index in [1.165, 1.54) is 12.1 Å². The molecule has 0 unspecified atom stereocenters. The van der Waals surface area contributed by atoms with Crippen molar-refractivity contribution in [3.05, 3.63) is 30.1 Å². The minimum atomic E-state index is -0.208. The molecule has 4 nitrogen and oxygen atoms in total. The second kappa shape index (κ2) is 8.13. The number of nitrogens with zero attached hydrogens (tertiary/aromatic N) is 2. The number of halogens is 1. The second-order valence-electron chi connectivity index (χ2n) is 6.27. The van der Waals surface area contributed by atoms with Crippen LogP contribution in [0.5, 0.6) is 0 Å². The van der Waals surface area contributed by atoms with Crippen LogP contribution in [0.4, 0.5) is 10.1 Å². The Morgan fingerprint density at radius 1 is 1.18 bits per heavy atom. The third-order valence-corrected chi connectivity index (χ3v) is 3.98. The van der Waals surface area contributed by atoms with Gasteiger partial charge in [-0.1, -0.05) is 13.8 Å². The fourth-order valence-electron chi connectivity index (χ4n) is 2.58. The van der Waals surface area contributed by atoms with E-state index in [0.29, 0.717) is 12.5 Å². The van der Waals surface area contributed by atoms with Gasteiger partial charge in [-0.3, -0.25) is 9.69 Å². The topological polar surface area (TPSA) is 35.6 Å². The number of amides is 1. The van der Waals surface area contributed by atoms with Gasteiger partial charge in [0.2, 0.25) is 5.91 Å². The first kappa shape index (κ1) is 16.7. The lowest BCUT2D eigenvalue weighted by Gasteiger charge is -2.35. The van der Waals surface area contributed by atoms with Crippen LogP contribution in [0.25, 0.3) is 0 Å². The van der Waals surface area contributed by atoms with E-state index in [1.54, 1.807) is 0 Å². The van der Waals surface area contributed by atoms with Crippen LogP contribution >= 0.6 is 0 Å². The van der Waals surface area contributed by atoms with Crippen molar-refractivity contribution in [2.75, 3.05) is 44.2 Å². The maximum absolute atomic E-state index is 12.9. The lowest BCUT2D eigenvalue weighted by atomic mass is 10.1. The molecule has 0 aromatic heterocycles. The molecule has 0 saturated carbocycles. The molecule has 1 aromatic carbocycles. The fourth-order valence-corrected chi connectivity index (χ4v) is 2.58. The maximum Gasteiger partial charge on any atom is 0.234 e. The summed E-state index contributed by atoms with van der Waals surface area (Å²) >= 11 is 0. The number of anilines is 1. The van der Waals surface area contributed by atoms with Crippen LogP contribution in [0, 0.1) is 11.7 Å². The zero-order valence-electron chi connectivity index (χ0n) is 13.5. The van der Waals surface area contributed by atoms with Gasteiger partial charge in [-0.05, 0) is 36.6 Å². The summed E-state index contributed by atoms with van der Waals surface area (Å²) in [5.74, 6) is 0.510. The molecule has 22 heavy (non-hydrogen) atoms. The summed E-state index contributed by atoms with van der Waals surface area (Å²) in [5.41, 5.74) is 1.04. The molecule has 1 aliphatic rings. The summed E-state index contributed by atoms with van der Waals surface area (Å²) in [6, 6.07) is 6.60. The monoisotopic (exact) mass is 307 g/mol. The Hall–Kier alpha value is -1.62. The summed E-state index contributed by atoms with van der Waals surface area (Å²) in [7, 11) is 0. The van der Waals surface area contributed by atoms with E-state index >= 15 is 0 Å². The van der Waals surface area contributed by atoms with Gasteiger partial charge < -0.3 is 10.2 Å². The molecular formula is C17H26FN3O. The summed E-state index contributed by atoms with van der Waals surface area (Å²) in [6.07, 6.45) is 1.02. The fraction of sp³-hybridized carbons (Fsp3) is 0.588. The Morgan fingerprint density at radius 3 is 2.41 bits per heavy atom. The zero-order valence-corrected chi connectivity index (χ0v) is 13.5. The highest BCUT2D eigenvalue weighted by atomic mass is 19.1. The number of piperazine rings is 1. The molecule has 1 N–H and O–H groups in total. The highest BCUT2D eigenvalue weighted by molar-refractivity contribution is 5.78. The predicted octanol–water partition coefficient (Wildman–Crippen LogP) is 2.11. The summed E-state index contributed by atoms with van der Waals surface area (Å²) in [4.78, 5) is 16.3. The molecule has 0 radical (unpaired) electrons. The third-order valence-electron chi connectivity index (χ3n) is 3.98. The van der Waals surface area contributed by atoms with Crippen LogP contribution in [0.3, 0.4) is 0 Å². The van der Waals surface area contributed by atoms with E-state index in [4.69, 9.17) is 0 Å². The van der Waals surface area contributed by atoms with E-state index in [9.17, 15) is 9.18 Å². The minimum absolute atomic E-state index is 0.107. The van der Waals surface area contributed by atoms with Crippen molar-refractivity contribution in [3.63, 3.8) is 0 Å². The first-order chi connectivity index (χ1) is 10.5. The molecule has 1 saturated heterocycles. The molecule has 1 fully saturated rings. The number of carbonyl (C=O) groups is 1. The van der Waals surface area contributed by atoms with Crippen molar-refractivity contribution < 1.29 is 9.18 Å². The Morgan fingerprint density at radius 2 is 1.82 bits per heavy atom. The van der Waals surface area contributed by atoms with Crippen LogP contribution < -0.4 is 10.2 Å². The lowest BCUT2D eigenvalue weighted by Crippen LogP contribution is -2.49. The Labute approximate surface area is 132 Å². The molecule has 1 aliphatic heterocycles. The van der Waals surface area contributed by atoms with Gasteiger partial charge in [-0.15, -0.1) is 0 Å². The first-order valence-electron chi connectivity index (χ1n) is 8.04. The van der Waals surface area contributed by atoms with Crippen LogP contribution in [-0.4, -0.2) is 50.1 Å². The zero-order chi connectivity index (χ0) is 15.9. The Bertz CT molecular complexity index is 467. The van der Waals surface area contributed by atoms with E-state index in [1.807, 2.05) is 12.1 Å². The maximum atomic E-state index is 12.9. The third kappa shape index (κ3) is 5.30. The van der Waals surface area contributed by atoms with Crippen LogP contribution in [0.2, 0.25) is 0 Å². The second-order valence-corrected chi connectivity index (χ2v) is 6.27. The van der Waals surface area contributed by atoms with Gasteiger partial charge in [-0.2, -0.15) is 0 Å². The van der Waals surface area contributed by atoms with Crippen molar-refractivity contribution in [1.82, 2.24) is 10.2 Å². The van der Waals surface area contributed by atoms with E-state index in [2.05, 4.69) is 29.0 Å². The average molecular weight is 307 g/mol. The normalized spacial score (nSPS) is 16.1. The van der Waals surface area contributed by atoms with Crippen LogP contribution in [0.1, 0.15) is 20.3 Å². The largest absolute Gasteiger partial charge is 0.369 e. The van der Waals surface area contributed by atoms with Gasteiger partial charge >= 0.3 is 0 Å². The molecule has 5 heteroatoms. The van der Waals surface area contributed by atoms with Gasteiger partial charge in [0, 0.05) is 38.4 Å². The molecule has 0 spiro atoms. The van der Waals surface area contributed by atoms with Gasteiger partial charge in [0.05, 0.1) is 6.54 Å². The van der Waals surface area contributed by atoms with Crippen molar-refractivity contribution >= 4 is 11.6 Å². The van der Waals surface area contributed by atoms with Gasteiger partial charge in [0.25, 0.3) is 0 Å². The van der Waals surface area contributed by atoms with Gasteiger partial charge in [-0.25, -0.2) is 4.39 Å². The van der Waals surface area contributed by atoms with Crippen molar-refractivity contribution in [3.8, 4) is 0 Å². The molecule has 1 amide bonds. The van der Waals surface area contributed by atoms with Crippen molar-refractivity contribution in [2.24, 2.45) is 5.92 Å². The number of nitrogens with one attached hydrogen (secondary N) is 1. The molecule has 0 aliphatic carbocycles. The quantitative estimate of drug-likeness (QED) is 0.874. The average Bonchev–Trinajstić information content (AvgIpc) is 2.48. The van der Waals surface area contributed by atoms with Crippen molar-refractivity contribution in [1.29, 1.82) is 0 Å². The van der Waals surface area contributed by atoms with Gasteiger partial charge in [0.1, 0.15) is 5.82 Å².